The Hall–Kier alpha value is 0. The van der Waals surface area contributed by atoms with Gasteiger partial charge >= 0.3 is 0 Å². The first-order chi connectivity index (χ1) is 7.72. The van der Waals surface area contributed by atoms with Crippen molar-refractivity contribution in [1.29, 1.82) is 0 Å². The lowest BCUT2D eigenvalue weighted by atomic mass is 9.48. The van der Waals surface area contributed by atoms with Crippen molar-refractivity contribution < 1.29 is 0 Å². The topological polar surface area (TPSA) is 0 Å². The molecular formula is C16H28. The molecule has 0 heterocycles. The van der Waals surface area contributed by atoms with E-state index in [1.807, 2.05) is 0 Å². The van der Waals surface area contributed by atoms with Gasteiger partial charge in [0, 0.05) is 0 Å². The molecule has 3 saturated carbocycles. The van der Waals surface area contributed by atoms with Gasteiger partial charge in [-0.25, -0.2) is 0 Å². The zero-order valence-corrected chi connectivity index (χ0v) is 11.2. The van der Waals surface area contributed by atoms with Crippen molar-refractivity contribution in [3.8, 4) is 0 Å². The number of fused-ring (bicyclic) bond motifs is 3. The highest BCUT2D eigenvalue weighted by Crippen LogP contribution is 2.59. The lowest BCUT2D eigenvalue weighted by Crippen LogP contribution is -2.48. The van der Waals surface area contributed by atoms with Gasteiger partial charge in [0.25, 0.3) is 0 Å². The molecule has 0 radical (unpaired) electrons. The number of hydrogen-bond acceptors (Lipinski definition) is 0. The third kappa shape index (κ3) is 1.56. The first kappa shape index (κ1) is 11.1. The summed E-state index contributed by atoms with van der Waals surface area (Å²) in [4.78, 5) is 0. The second kappa shape index (κ2) is 4.03. The van der Waals surface area contributed by atoms with E-state index in [1.165, 1.54) is 25.7 Å². The monoisotopic (exact) mass is 220 g/mol. The fourth-order valence-electron chi connectivity index (χ4n) is 5.58. The lowest BCUT2D eigenvalue weighted by Gasteiger charge is -2.57. The van der Waals surface area contributed by atoms with E-state index in [9.17, 15) is 0 Å². The van der Waals surface area contributed by atoms with Crippen LogP contribution >= 0.6 is 0 Å². The summed E-state index contributed by atoms with van der Waals surface area (Å²) in [6.45, 7) is 5.19. The van der Waals surface area contributed by atoms with Crippen LogP contribution in [0.25, 0.3) is 0 Å². The van der Waals surface area contributed by atoms with Crippen molar-refractivity contribution in [2.45, 2.75) is 71.6 Å². The van der Waals surface area contributed by atoms with Crippen molar-refractivity contribution in [2.24, 2.45) is 29.1 Å². The normalized spacial score (nSPS) is 52.9. The van der Waals surface area contributed by atoms with Crippen molar-refractivity contribution in [1.82, 2.24) is 0 Å². The molecule has 3 rings (SSSR count). The summed E-state index contributed by atoms with van der Waals surface area (Å²) in [5.74, 6) is 4.30. The molecule has 0 nitrogen and oxygen atoms in total. The standard InChI is InChI=1S/C16H28/c1-12-6-5-8-15-14(12)10-9-13-7-3-4-11-16(13,15)2/h12-15H,3-11H2,1-2H3. The van der Waals surface area contributed by atoms with Gasteiger partial charge in [-0.05, 0) is 61.2 Å². The Balaban J connectivity index is 1.86. The van der Waals surface area contributed by atoms with E-state index in [4.69, 9.17) is 0 Å². The van der Waals surface area contributed by atoms with Crippen LogP contribution in [0.4, 0.5) is 0 Å². The second-order valence-electron chi connectivity index (χ2n) is 7.20. The van der Waals surface area contributed by atoms with Crippen LogP contribution in [0.2, 0.25) is 0 Å². The Morgan fingerprint density at radius 1 is 0.875 bits per heavy atom. The molecule has 3 aliphatic rings. The molecule has 0 aromatic rings. The third-order valence-corrected chi connectivity index (χ3v) is 6.57. The first-order valence-electron chi connectivity index (χ1n) is 7.72. The molecular weight excluding hydrogens is 192 g/mol. The molecule has 3 fully saturated rings. The Bertz CT molecular complexity index is 257. The van der Waals surface area contributed by atoms with Crippen LogP contribution in [-0.2, 0) is 0 Å². The maximum Gasteiger partial charge on any atom is -0.0266 e. The molecule has 0 aromatic heterocycles. The zero-order chi connectivity index (χ0) is 11.2. The molecule has 16 heavy (non-hydrogen) atoms. The minimum Gasteiger partial charge on any atom is -0.0622 e. The highest BCUT2D eigenvalue weighted by atomic mass is 14.6. The molecule has 0 spiro atoms. The maximum absolute atomic E-state index is 2.66. The first-order valence-corrected chi connectivity index (χ1v) is 7.72. The van der Waals surface area contributed by atoms with Crippen molar-refractivity contribution in [3.63, 3.8) is 0 Å². The van der Waals surface area contributed by atoms with Crippen LogP contribution in [0.1, 0.15) is 71.6 Å². The van der Waals surface area contributed by atoms with Crippen molar-refractivity contribution >= 4 is 0 Å². The largest absolute Gasteiger partial charge is 0.0622 e. The van der Waals surface area contributed by atoms with E-state index in [0.29, 0.717) is 0 Å². The third-order valence-electron chi connectivity index (χ3n) is 6.57. The number of rotatable bonds is 0. The van der Waals surface area contributed by atoms with Gasteiger partial charge in [0.1, 0.15) is 0 Å². The molecule has 0 amide bonds. The van der Waals surface area contributed by atoms with Crippen molar-refractivity contribution in [2.75, 3.05) is 0 Å². The molecule has 3 aliphatic carbocycles. The van der Waals surface area contributed by atoms with E-state index in [2.05, 4.69) is 13.8 Å². The van der Waals surface area contributed by atoms with Crippen LogP contribution < -0.4 is 0 Å². The molecule has 0 saturated heterocycles. The maximum atomic E-state index is 2.66. The molecule has 0 N–H and O–H groups in total. The van der Waals surface area contributed by atoms with E-state index in [0.717, 1.165) is 29.1 Å². The summed E-state index contributed by atoms with van der Waals surface area (Å²) in [7, 11) is 0. The zero-order valence-electron chi connectivity index (χ0n) is 11.2. The minimum atomic E-state index is 0.746. The van der Waals surface area contributed by atoms with Gasteiger partial charge in [-0.3, -0.25) is 0 Å². The van der Waals surface area contributed by atoms with Gasteiger partial charge in [-0.2, -0.15) is 0 Å². The van der Waals surface area contributed by atoms with Gasteiger partial charge in [0.05, 0.1) is 0 Å². The van der Waals surface area contributed by atoms with Gasteiger partial charge < -0.3 is 0 Å². The molecule has 0 bridgehead atoms. The average molecular weight is 220 g/mol. The summed E-state index contributed by atoms with van der Waals surface area (Å²) < 4.78 is 0. The van der Waals surface area contributed by atoms with Crippen LogP contribution in [0.3, 0.4) is 0 Å². The quantitative estimate of drug-likeness (QED) is 0.537. The van der Waals surface area contributed by atoms with Gasteiger partial charge in [-0.15, -0.1) is 0 Å². The average Bonchev–Trinajstić information content (AvgIpc) is 2.29. The van der Waals surface area contributed by atoms with Gasteiger partial charge in [-0.1, -0.05) is 39.5 Å². The van der Waals surface area contributed by atoms with Crippen LogP contribution in [0.15, 0.2) is 0 Å². The summed E-state index contributed by atoms with van der Waals surface area (Å²) in [6, 6.07) is 0. The molecule has 92 valence electrons. The van der Waals surface area contributed by atoms with E-state index < -0.39 is 0 Å². The number of hydrogen-bond donors (Lipinski definition) is 0. The Labute approximate surface area is 101 Å². The molecule has 5 unspecified atom stereocenters. The Morgan fingerprint density at radius 3 is 2.62 bits per heavy atom. The molecule has 0 aromatic carbocycles. The van der Waals surface area contributed by atoms with E-state index in [1.54, 1.807) is 32.1 Å². The Morgan fingerprint density at radius 2 is 1.75 bits per heavy atom. The SMILES string of the molecule is CC1CCCC2C1CCC1CCCCC12C. The smallest absolute Gasteiger partial charge is 0.0266 e. The summed E-state index contributed by atoms with van der Waals surface area (Å²) in [5, 5.41) is 0. The summed E-state index contributed by atoms with van der Waals surface area (Å²) >= 11 is 0. The molecule has 0 heteroatoms. The van der Waals surface area contributed by atoms with E-state index in [-0.39, 0.29) is 0 Å². The highest BCUT2D eigenvalue weighted by Gasteiger charge is 2.50. The second-order valence-corrected chi connectivity index (χ2v) is 7.20. The van der Waals surface area contributed by atoms with Crippen LogP contribution in [-0.4, -0.2) is 0 Å². The fourth-order valence-corrected chi connectivity index (χ4v) is 5.58. The van der Waals surface area contributed by atoms with Crippen LogP contribution in [0, 0.1) is 29.1 Å². The van der Waals surface area contributed by atoms with Gasteiger partial charge in [0.2, 0.25) is 0 Å². The van der Waals surface area contributed by atoms with Crippen molar-refractivity contribution in [3.05, 3.63) is 0 Å². The lowest BCUT2D eigenvalue weighted by molar-refractivity contribution is -0.0708. The predicted molar refractivity (Wildman–Crippen MR) is 69.3 cm³/mol. The predicted octanol–water partition coefficient (Wildman–Crippen LogP) is 5.03. The summed E-state index contributed by atoms with van der Waals surface area (Å²) in [6.07, 6.45) is 13.8. The molecule has 0 aliphatic heterocycles. The van der Waals surface area contributed by atoms with Crippen LogP contribution in [0.5, 0.6) is 0 Å². The Kier molecular flexibility index (Phi) is 2.80. The highest BCUT2D eigenvalue weighted by molar-refractivity contribution is 5.00. The van der Waals surface area contributed by atoms with E-state index >= 15 is 0 Å². The fraction of sp³-hybridized carbons (Fsp3) is 1.00. The summed E-state index contributed by atoms with van der Waals surface area (Å²) in [5.41, 5.74) is 0.746. The minimum absolute atomic E-state index is 0.746. The molecule has 5 atom stereocenters. The van der Waals surface area contributed by atoms with Gasteiger partial charge in [0.15, 0.2) is 0 Å².